The first-order valence-corrected chi connectivity index (χ1v) is 6.37. The van der Waals surface area contributed by atoms with Crippen LogP contribution in [-0.4, -0.2) is 20.9 Å². The number of hydrogen-bond donors (Lipinski definition) is 1. The maximum absolute atomic E-state index is 11.9. The molecule has 1 heterocycles. The average Bonchev–Trinajstić information content (AvgIpc) is 2.32. The fourth-order valence-electron chi connectivity index (χ4n) is 2.41. The number of aryl methyl sites for hydroxylation is 1. The molecule has 1 fully saturated rings. The van der Waals surface area contributed by atoms with Gasteiger partial charge in [0, 0.05) is 20.6 Å². The Hall–Kier alpha value is -1.59. The molecule has 1 aromatic rings. The van der Waals surface area contributed by atoms with Gasteiger partial charge < -0.3 is 5.32 Å². The van der Waals surface area contributed by atoms with E-state index in [0.717, 1.165) is 17.5 Å². The molecule has 1 N–H and O–H groups in total. The van der Waals surface area contributed by atoms with Crippen molar-refractivity contribution in [2.75, 3.05) is 11.9 Å². The minimum absolute atomic E-state index is 0.263. The molecule has 6 heteroatoms. The topological polar surface area (TPSA) is 68.9 Å². The summed E-state index contributed by atoms with van der Waals surface area (Å²) in [4.78, 5) is 23.4. The molecule has 1 aromatic heterocycles. The Labute approximate surface area is 106 Å². The fraction of sp³-hybridized carbons (Fsp3) is 0.750. The molecule has 18 heavy (non-hydrogen) atoms. The Kier molecular flexibility index (Phi) is 3.28. The molecule has 1 aliphatic carbocycles. The third-order valence-electron chi connectivity index (χ3n) is 4.12. The van der Waals surface area contributed by atoms with Crippen LogP contribution < -0.4 is 16.6 Å². The summed E-state index contributed by atoms with van der Waals surface area (Å²) in [5, 5.41) is 7.10. The molecule has 0 aromatic carbocycles. The molecular weight excluding hydrogens is 232 g/mol. The minimum Gasteiger partial charge on any atom is -0.363 e. The van der Waals surface area contributed by atoms with E-state index in [-0.39, 0.29) is 11.4 Å². The summed E-state index contributed by atoms with van der Waals surface area (Å²) in [6.45, 7) is 2.93. The lowest BCUT2D eigenvalue weighted by Crippen LogP contribution is -2.42. The maximum Gasteiger partial charge on any atom is 0.346 e. The summed E-state index contributed by atoms with van der Waals surface area (Å²) in [6.07, 6.45) is 4.76. The van der Waals surface area contributed by atoms with E-state index < -0.39 is 5.69 Å². The van der Waals surface area contributed by atoms with Crippen molar-refractivity contribution in [3.8, 4) is 0 Å². The predicted octanol–water partition coefficient (Wildman–Crippen LogP) is 0.471. The number of nitrogens with zero attached hydrogens (tertiary/aromatic N) is 3. The van der Waals surface area contributed by atoms with Crippen molar-refractivity contribution in [2.45, 2.75) is 32.6 Å². The first-order valence-electron chi connectivity index (χ1n) is 6.37. The van der Waals surface area contributed by atoms with Gasteiger partial charge in [0.2, 0.25) is 5.82 Å². The smallest absolute Gasteiger partial charge is 0.346 e. The summed E-state index contributed by atoms with van der Waals surface area (Å²) in [5.74, 6) is 0.263. The van der Waals surface area contributed by atoms with E-state index in [2.05, 4.69) is 17.3 Å². The average molecular weight is 252 g/mol. The van der Waals surface area contributed by atoms with E-state index in [0.29, 0.717) is 5.41 Å². The standard InChI is InChI=1S/C12H20N4O2/c1-4-12(6-5-7-12)8-13-9-10(17)15(2)11(18)16(3)14-9/h4-8H2,1-3H3,(H,13,14). The number of hydrogen-bond acceptors (Lipinski definition) is 4. The summed E-state index contributed by atoms with van der Waals surface area (Å²) in [7, 11) is 3.02. The lowest BCUT2D eigenvalue weighted by molar-refractivity contribution is 0.144. The monoisotopic (exact) mass is 252 g/mol. The first-order chi connectivity index (χ1) is 8.49. The van der Waals surface area contributed by atoms with Gasteiger partial charge in [-0.1, -0.05) is 13.3 Å². The molecule has 6 nitrogen and oxygen atoms in total. The van der Waals surface area contributed by atoms with Crippen molar-refractivity contribution in [1.82, 2.24) is 14.3 Å². The number of rotatable bonds is 4. The molecule has 0 aliphatic heterocycles. The quantitative estimate of drug-likeness (QED) is 0.846. The van der Waals surface area contributed by atoms with E-state index in [4.69, 9.17) is 0 Å². The van der Waals surface area contributed by atoms with Crippen molar-refractivity contribution in [3.63, 3.8) is 0 Å². The van der Waals surface area contributed by atoms with Gasteiger partial charge in [-0.05, 0) is 24.7 Å². The Morgan fingerprint density at radius 1 is 1.33 bits per heavy atom. The van der Waals surface area contributed by atoms with Gasteiger partial charge in [0.25, 0.3) is 5.56 Å². The molecular formula is C12H20N4O2. The highest BCUT2D eigenvalue weighted by atomic mass is 16.2. The molecule has 0 bridgehead atoms. The van der Waals surface area contributed by atoms with E-state index in [9.17, 15) is 9.59 Å². The van der Waals surface area contributed by atoms with E-state index in [1.807, 2.05) is 0 Å². The van der Waals surface area contributed by atoms with Crippen LogP contribution in [0.2, 0.25) is 0 Å². The van der Waals surface area contributed by atoms with Gasteiger partial charge >= 0.3 is 5.69 Å². The van der Waals surface area contributed by atoms with Crippen molar-refractivity contribution in [2.24, 2.45) is 19.5 Å². The molecule has 0 atom stereocenters. The Morgan fingerprint density at radius 2 is 2.00 bits per heavy atom. The lowest BCUT2D eigenvalue weighted by atomic mass is 9.67. The highest BCUT2D eigenvalue weighted by Crippen LogP contribution is 2.43. The second-order valence-electron chi connectivity index (χ2n) is 5.18. The SMILES string of the molecule is CCC1(CNc2nn(C)c(=O)n(C)c2=O)CCC1. The largest absolute Gasteiger partial charge is 0.363 e. The molecule has 0 unspecified atom stereocenters. The van der Waals surface area contributed by atoms with Gasteiger partial charge in [0.05, 0.1) is 0 Å². The molecule has 2 rings (SSSR count). The Balaban J connectivity index is 2.20. The minimum atomic E-state index is -0.403. The first kappa shape index (κ1) is 12.9. The number of nitrogens with one attached hydrogen (secondary N) is 1. The van der Waals surface area contributed by atoms with Crippen LogP contribution in [0.15, 0.2) is 9.59 Å². The fourth-order valence-corrected chi connectivity index (χ4v) is 2.41. The van der Waals surface area contributed by atoms with E-state index in [1.54, 1.807) is 7.05 Å². The van der Waals surface area contributed by atoms with Gasteiger partial charge in [-0.15, -0.1) is 5.10 Å². The van der Waals surface area contributed by atoms with Crippen molar-refractivity contribution < 1.29 is 0 Å². The van der Waals surface area contributed by atoms with Crippen molar-refractivity contribution in [1.29, 1.82) is 0 Å². The van der Waals surface area contributed by atoms with E-state index >= 15 is 0 Å². The number of anilines is 1. The van der Waals surface area contributed by atoms with Crippen LogP contribution in [0, 0.1) is 5.41 Å². The van der Waals surface area contributed by atoms with Gasteiger partial charge in [-0.25, -0.2) is 9.48 Å². The van der Waals surface area contributed by atoms with Crippen LogP contribution in [0.25, 0.3) is 0 Å². The van der Waals surface area contributed by atoms with Gasteiger partial charge in [0.1, 0.15) is 0 Å². The van der Waals surface area contributed by atoms with Crippen LogP contribution in [0.3, 0.4) is 0 Å². The summed E-state index contributed by atoms with van der Waals surface area (Å²) < 4.78 is 2.26. The van der Waals surface area contributed by atoms with Crippen LogP contribution in [0.5, 0.6) is 0 Å². The second kappa shape index (κ2) is 4.59. The number of aromatic nitrogens is 3. The van der Waals surface area contributed by atoms with Crippen LogP contribution in [0.4, 0.5) is 5.82 Å². The maximum atomic E-state index is 11.9. The van der Waals surface area contributed by atoms with Gasteiger partial charge in [0.15, 0.2) is 0 Å². The Morgan fingerprint density at radius 3 is 2.50 bits per heavy atom. The zero-order valence-corrected chi connectivity index (χ0v) is 11.2. The van der Waals surface area contributed by atoms with Crippen molar-refractivity contribution in [3.05, 3.63) is 20.8 Å². The third-order valence-corrected chi connectivity index (χ3v) is 4.12. The molecule has 1 saturated carbocycles. The summed E-state index contributed by atoms with van der Waals surface area (Å²) in [5.41, 5.74) is -0.454. The molecule has 0 saturated heterocycles. The highest BCUT2D eigenvalue weighted by molar-refractivity contribution is 5.30. The zero-order chi connectivity index (χ0) is 13.3. The zero-order valence-electron chi connectivity index (χ0n) is 11.2. The highest BCUT2D eigenvalue weighted by Gasteiger charge is 2.35. The molecule has 0 spiro atoms. The summed E-state index contributed by atoms with van der Waals surface area (Å²) in [6, 6.07) is 0. The van der Waals surface area contributed by atoms with E-state index in [1.165, 1.54) is 31.0 Å². The molecule has 0 radical (unpaired) electrons. The lowest BCUT2D eigenvalue weighted by Gasteiger charge is -2.41. The second-order valence-corrected chi connectivity index (χ2v) is 5.18. The molecule has 0 amide bonds. The summed E-state index contributed by atoms with van der Waals surface area (Å²) >= 11 is 0. The van der Waals surface area contributed by atoms with Crippen LogP contribution >= 0.6 is 0 Å². The van der Waals surface area contributed by atoms with Crippen LogP contribution in [-0.2, 0) is 14.1 Å². The third kappa shape index (κ3) is 2.07. The Bertz CT molecular complexity index is 549. The van der Waals surface area contributed by atoms with Gasteiger partial charge in [-0.3, -0.25) is 9.36 Å². The molecule has 100 valence electrons. The normalized spacial score (nSPS) is 17.3. The van der Waals surface area contributed by atoms with Crippen LogP contribution in [0.1, 0.15) is 32.6 Å². The predicted molar refractivity (Wildman–Crippen MR) is 69.8 cm³/mol. The van der Waals surface area contributed by atoms with Crippen molar-refractivity contribution >= 4 is 5.82 Å². The molecule has 1 aliphatic rings. The van der Waals surface area contributed by atoms with Gasteiger partial charge in [-0.2, -0.15) is 0 Å².